The zero-order valence-electron chi connectivity index (χ0n) is 14.7. The van der Waals surface area contributed by atoms with Gasteiger partial charge in [0, 0.05) is 29.6 Å². The molecule has 0 saturated carbocycles. The maximum atomic E-state index is 12.0. The lowest BCUT2D eigenvalue weighted by Gasteiger charge is -2.13. The second kappa shape index (κ2) is 7.86. The van der Waals surface area contributed by atoms with Gasteiger partial charge in [-0.2, -0.15) is 0 Å². The number of carboxylic acid groups (broad SMARTS) is 1. The molecular weight excluding hydrogens is 350 g/mol. The summed E-state index contributed by atoms with van der Waals surface area (Å²) in [4.78, 5) is 38.8. The summed E-state index contributed by atoms with van der Waals surface area (Å²) in [7, 11) is 0. The van der Waals surface area contributed by atoms with E-state index in [1.165, 1.54) is 0 Å². The number of nitrogens with one attached hydrogen (secondary N) is 2. The fraction of sp³-hybridized carbons (Fsp3) is 0.263. The highest BCUT2D eigenvalue weighted by Gasteiger charge is 2.21. The molecule has 1 amide bonds. The molecule has 0 spiro atoms. The van der Waals surface area contributed by atoms with Crippen molar-refractivity contribution in [3.05, 3.63) is 46.5 Å². The molecule has 27 heavy (non-hydrogen) atoms. The van der Waals surface area contributed by atoms with Crippen molar-refractivity contribution in [3.63, 3.8) is 0 Å². The molecule has 0 radical (unpaired) electrons. The number of amides is 1. The average molecular weight is 369 g/mol. The molecule has 1 saturated heterocycles. The molecule has 140 valence electrons. The van der Waals surface area contributed by atoms with Gasteiger partial charge in [0.2, 0.25) is 11.8 Å². The molecule has 1 aromatic carbocycles. The summed E-state index contributed by atoms with van der Waals surface area (Å²) in [6.45, 7) is 2.10. The number of rotatable bonds is 3. The standard InChI is InChI=1S/C18H17N3O3.CH2O2/c1-10-8-20-17(23)15-6-11-4-5-19-18(14(11)7-13(10)15)24-9-12-2-3-16(22)21-12;2-1-3/h4-8,12H,2-3,9H2,1H3,(H,20,23)(H,21,22);1H,(H,2,3)/t12-;/m0./s1. The van der Waals surface area contributed by atoms with Crippen LogP contribution in [0.3, 0.4) is 0 Å². The van der Waals surface area contributed by atoms with Crippen molar-refractivity contribution in [2.45, 2.75) is 25.8 Å². The van der Waals surface area contributed by atoms with Crippen LogP contribution in [0, 0.1) is 6.92 Å². The highest BCUT2D eigenvalue weighted by molar-refractivity contribution is 6.00. The molecular formula is C19H19N3O5. The lowest BCUT2D eigenvalue weighted by Crippen LogP contribution is -2.31. The van der Waals surface area contributed by atoms with Crippen molar-refractivity contribution >= 4 is 33.9 Å². The maximum absolute atomic E-state index is 12.0. The molecule has 1 atom stereocenters. The van der Waals surface area contributed by atoms with Crippen molar-refractivity contribution in [1.82, 2.24) is 15.3 Å². The van der Waals surface area contributed by atoms with Crippen LogP contribution in [-0.4, -0.2) is 40.1 Å². The SMILES string of the molecule is Cc1c[nH]c(=O)c2cc3ccnc(OC[C@@H]4CCC(=O)N4)c3cc12.O=CO. The Morgan fingerprint density at radius 3 is 2.78 bits per heavy atom. The van der Waals surface area contributed by atoms with E-state index in [4.69, 9.17) is 14.6 Å². The minimum absolute atomic E-state index is 0.0274. The quantitative estimate of drug-likeness (QED) is 0.478. The van der Waals surface area contributed by atoms with Gasteiger partial charge in [0.25, 0.3) is 12.0 Å². The molecule has 3 heterocycles. The number of carbonyl (C=O) groups excluding carboxylic acids is 1. The van der Waals surface area contributed by atoms with Crippen LogP contribution >= 0.6 is 0 Å². The van der Waals surface area contributed by atoms with E-state index in [0.717, 1.165) is 28.1 Å². The lowest BCUT2D eigenvalue weighted by molar-refractivity contribution is -0.123. The zero-order valence-corrected chi connectivity index (χ0v) is 14.7. The first-order chi connectivity index (χ1) is 13.0. The molecule has 0 aliphatic carbocycles. The van der Waals surface area contributed by atoms with Crippen LogP contribution < -0.4 is 15.6 Å². The molecule has 0 unspecified atom stereocenters. The second-order valence-electron chi connectivity index (χ2n) is 6.26. The summed E-state index contributed by atoms with van der Waals surface area (Å²) in [5.41, 5.74) is 0.884. The smallest absolute Gasteiger partial charge is 0.290 e. The maximum Gasteiger partial charge on any atom is 0.290 e. The number of H-pyrrole nitrogens is 1. The molecule has 3 aromatic rings. The second-order valence-corrected chi connectivity index (χ2v) is 6.26. The first-order valence-electron chi connectivity index (χ1n) is 8.44. The van der Waals surface area contributed by atoms with E-state index in [2.05, 4.69) is 15.3 Å². The van der Waals surface area contributed by atoms with Crippen molar-refractivity contribution in [1.29, 1.82) is 0 Å². The predicted molar refractivity (Wildman–Crippen MR) is 100.0 cm³/mol. The number of pyridine rings is 2. The highest BCUT2D eigenvalue weighted by Crippen LogP contribution is 2.28. The number of nitrogens with zero attached hydrogens (tertiary/aromatic N) is 1. The first kappa shape index (κ1) is 18.4. The van der Waals surface area contributed by atoms with E-state index in [-0.39, 0.29) is 24.0 Å². The fourth-order valence-electron chi connectivity index (χ4n) is 3.13. The minimum Gasteiger partial charge on any atom is -0.483 e. The van der Waals surface area contributed by atoms with Gasteiger partial charge >= 0.3 is 0 Å². The Morgan fingerprint density at radius 2 is 2.07 bits per heavy atom. The Hall–Kier alpha value is -3.42. The minimum atomic E-state index is -0.250. The molecule has 1 fully saturated rings. The van der Waals surface area contributed by atoms with Gasteiger partial charge in [0.15, 0.2) is 0 Å². The topological polar surface area (TPSA) is 121 Å². The number of benzene rings is 1. The van der Waals surface area contributed by atoms with E-state index in [0.29, 0.717) is 24.3 Å². The van der Waals surface area contributed by atoms with Gasteiger partial charge in [-0.1, -0.05) is 0 Å². The van der Waals surface area contributed by atoms with E-state index in [9.17, 15) is 9.59 Å². The van der Waals surface area contributed by atoms with Gasteiger partial charge < -0.3 is 20.1 Å². The Labute approximate surface area is 154 Å². The molecule has 2 aromatic heterocycles. The Balaban J connectivity index is 0.000000659. The third-order valence-electron chi connectivity index (χ3n) is 4.46. The Morgan fingerprint density at radius 1 is 1.30 bits per heavy atom. The van der Waals surface area contributed by atoms with Crippen molar-refractivity contribution in [3.8, 4) is 5.88 Å². The zero-order chi connectivity index (χ0) is 19.4. The number of carbonyl (C=O) groups is 2. The van der Waals surface area contributed by atoms with Gasteiger partial charge in [-0.05, 0) is 47.9 Å². The number of aromatic nitrogens is 2. The third-order valence-corrected chi connectivity index (χ3v) is 4.46. The molecule has 8 nitrogen and oxygen atoms in total. The third kappa shape index (κ3) is 3.89. The van der Waals surface area contributed by atoms with Gasteiger partial charge in [-0.15, -0.1) is 0 Å². The number of hydrogen-bond donors (Lipinski definition) is 3. The van der Waals surface area contributed by atoms with Crippen LogP contribution in [0.5, 0.6) is 5.88 Å². The van der Waals surface area contributed by atoms with E-state index >= 15 is 0 Å². The van der Waals surface area contributed by atoms with Crippen LogP contribution in [0.2, 0.25) is 0 Å². The number of aromatic amines is 1. The molecule has 8 heteroatoms. The lowest BCUT2D eigenvalue weighted by atomic mass is 10.0. The average Bonchev–Trinajstić information content (AvgIpc) is 3.08. The normalized spacial score (nSPS) is 15.9. The summed E-state index contributed by atoms with van der Waals surface area (Å²) in [6.07, 6.45) is 4.70. The van der Waals surface area contributed by atoms with E-state index in [1.807, 2.05) is 25.1 Å². The van der Waals surface area contributed by atoms with Gasteiger partial charge in [0.05, 0.1) is 6.04 Å². The molecule has 1 aliphatic rings. The number of ether oxygens (including phenoxy) is 1. The van der Waals surface area contributed by atoms with Crippen molar-refractivity contribution < 1.29 is 19.4 Å². The summed E-state index contributed by atoms with van der Waals surface area (Å²) < 4.78 is 5.86. The van der Waals surface area contributed by atoms with Crippen molar-refractivity contribution in [2.24, 2.45) is 0 Å². The Bertz CT molecular complexity index is 1060. The number of hydrogen-bond acceptors (Lipinski definition) is 5. The summed E-state index contributed by atoms with van der Waals surface area (Å²) >= 11 is 0. The van der Waals surface area contributed by atoms with Gasteiger partial charge in [-0.3, -0.25) is 14.4 Å². The summed E-state index contributed by atoms with van der Waals surface area (Å²) in [6, 6.07) is 5.70. The highest BCUT2D eigenvalue weighted by atomic mass is 16.5. The summed E-state index contributed by atoms with van der Waals surface area (Å²) in [5, 5.41) is 13.1. The molecule has 3 N–H and O–H groups in total. The molecule has 1 aliphatic heterocycles. The summed E-state index contributed by atoms with van der Waals surface area (Å²) in [5.74, 6) is 0.588. The largest absolute Gasteiger partial charge is 0.483 e. The Kier molecular flexibility index (Phi) is 5.35. The van der Waals surface area contributed by atoms with Crippen LogP contribution in [0.15, 0.2) is 35.4 Å². The molecule has 0 bridgehead atoms. The first-order valence-corrected chi connectivity index (χ1v) is 8.44. The van der Waals surface area contributed by atoms with Crippen LogP contribution in [0.4, 0.5) is 0 Å². The fourth-order valence-corrected chi connectivity index (χ4v) is 3.13. The van der Waals surface area contributed by atoms with Gasteiger partial charge in [-0.25, -0.2) is 4.98 Å². The predicted octanol–water partition coefficient (Wildman–Crippen LogP) is 1.74. The van der Waals surface area contributed by atoms with E-state index in [1.54, 1.807) is 12.4 Å². The van der Waals surface area contributed by atoms with Crippen molar-refractivity contribution in [2.75, 3.05) is 6.61 Å². The number of fused-ring (bicyclic) bond motifs is 2. The van der Waals surface area contributed by atoms with Crippen LogP contribution in [0.1, 0.15) is 18.4 Å². The van der Waals surface area contributed by atoms with E-state index < -0.39 is 0 Å². The van der Waals surface area contributed by atoms with Crippen LogP contribution in [-0.2, 0) is 9.59 Å². The monoisotopic (exact) mass is 369 g/mol. The molecule has 4 rings (SSSR count). The number of aryl methyl sites for hydroxylation is 1. The van der Waals surface area contributed by atoms with Gasteiger partial charge in [0.1, 0.15) is 6.61 Å². The van der Waals surface area contributed by atoms with Crippen LogP contribution in [0.25, 0.3) is 21.5 Å².